The molecule has 2 heterocycles. The molecule has 2 aliphatic heterocycles. The van der Waals surface area contributed by atoms with Crippen LogP contribution >= 0.6 is 0 Å². The van der Waals surface area contributed by atoms with Crippen LogP contribution in [0.25, 0.3) is 76.8 Å². The maximum Gasteiger partial charge on any atom is 0.151 e. The first-order valence-electron chi connectivity index (χ1n) is 25.8. The van der Waals surface area contributed by atoms with Crippen LogP contribution in [-0.4, -0.2) is 0 Å². The molecule has 0 spiro atoms. The van der Waals surface area contributed by atoms with Crippen molar-refractivity contribution in [2.45, 2.75) is 38.5 Å². The van der Waals surface area contributed by atoms with E-state index in [2.05, 4.69) is 254 Å². The van der Waals surface area contributed by atoms with E-state index in [0.717, 1.165) is 53.5 Å². The van der Waals surface area contributed by atoms with E-state index < -0.39 is 0 Å². The fraction of sp³-hybridized carbons (Fsp3) is 0.0857. The van der Waals surface area contributed by atoms with Crippen LogP contribution in [0.5, 0.6) is 5.75 Å². The van der Waals surface area contributed by atoms with E-state index >= 15 is 0 Å². The Morgan fingerprint density at radius 3 is 1.70 bits per heavy atom. The highest BCUT2D eigenvalue weighted by molar-refractivity contribution is 6.23. The zero-order valence-corrected chi connectivity index (χ0v) is 40.9. The van der Waals surface area contributed by atoms with Gasteiger partial charge in [0, 0.05) is 41.0 Å². The van der Waals surface area contributed by atoms with Gasteiger partial charge in [-0.05, 0) is 178 Å². The number of para-hydroxylation sites is 4. The van der Waals surface area contributed by atoms with Crippen molar-refractivity contribution >= 4 is 60.8 Å². The second-order valence-electron chi connectivity index (χ2n) is 20.7. The molecule has 0 saturated heterocycles. The van der Waals surface area contributed by atoms with E-state index in [1.54, 1.807) is 0 Å². The highest BCUT2D eigenvalue weighted by Crippen LogP contribution is 2.55. The van der Waals surface area contributed by atoms with Crippen molar-refractivity contribution < 1.29 is 4.74 Å². The third kappa shape index (κ3) is 6.45. The third-order valence-electron chi connectivity index (χ3n) is 16.2. The SMILES string of the molecule is CC1(C)c2cc(-c3ccccc3)ccc2-c2ccc(-c3c4ccc(N5c6ccccc6Cc6ccccc65)cc4c(-c4ccc5ccccc5c4)c4ccc(N5C6=C(CCC=C6)Oc6ccccc65)cc34)cc21. The number of benzene rings is 11. The fourth-order valence-corrected chi connectivity index (χ4v) is 12.7. The van der Waals surface area contributed by atoms with Crippen LogP contribution in [0.3, 0.4) is 0 Å². The molecule has 11 aromatic rings. The Morgan fingerprint density at radius 1 is 0.425 bits per heavy atom. The number of anilines is 5. The van der Waals surface area contributed by atoms with Crippen LogP contribution in [0.4, 0.5) is 28.4 Å². The molecule has 2 aliphatic carbocycles. The molecule has 3 heteroatoms. The van der Waals surface area contributed by atoms with Crippen molar-refractivity contribution in [1.29, 1.82) is 0 Å². The Morgan fingerprint density at radius 2 is 0.986 bits per heavy atom. The zero-order chi connectivity index (χ0) is 48.4. The average molecular weight is 935 g/mol. The van der Waals surface area contributed by atoms with Crippen LogP contribution in [0.15, 0.2) is 242 Å². The molecule has 11 aromatic carbocycles. The summed E-state index contributed by atoms with van der Waals surface area (Å²) in [7, 11) is 0. The summed E-state index contributed by atoms with van der Waals surface area (Å²) >= 11 is 0. The van der Waals surface area contributed by atoms with Gasteiger partial charge in [-0.2, -0.15) is 0 Å². The van der Waals surface area contributed by atoms with E-state index in [-0.39, 0.29) is 5.41 Å². The number of hydrogen-bond donors (Lipinski definition) is 0. The molecule has 0 unspecified atom stereocenters. The van der Waals surface area contributed by atoms with Gasteiger partial charge in [0.25, 0.3) is 0 Å². The maximum atomic E-state index is 6.65. The van der Waals surface area contributed by atoms with E-state index in [1.807, 2.05) is 0 Å². The van der Waals surface area contributed by atoms with Crippen LogP contribution in [0.2, 0.25) is 0 Å². The van der Waals surface area contributed by atoms with E-state index in [9.17, 15) is 0 Å². The highest BCUT2D eigenvalue weighted by Gasteiger charge is 2.37. The highest BCUT2D eigenvalue weighted by atomic mass is 16.5. The van der Waals surface area contributed by atoms with Gasteiger partial charge >= 0.3 is 0 Å². The van der Waals surface area contributed by atoms with Crippen molar-refractivity contribution in [2.75, 3.05) is 9.80 Å². The smallest absolute Gasteiger partial charge is 0.151 e. The minimum absolute atomic E-state index is 0.233. The summed E-state index contributed by atoms with van der Waals surface area (Å²) in [4.78, 5) is 4.91. The second kappa shape index (κ2) is 16.0. The Hall–Kier alpha value is -8.92. The van der Waals surface area contributed by atoms with Crippen LogP contribution in [-0.2, 0) is 11.8 Å². The first-order chi connectivity index (χ1) is 35.9. The predicted octanol–water partition coefficient (Wildman–Crippen LogP) is 18.9. The van der Waals surface area contributed by atoms with E-state index in [4.69, 9.17) is 4.74 Å². The van der Waals surface area contributed by atoms with Crippen molar-refractivity contribution in [3.05, 3.63) is 264 Å². The van der Waals surface area contributed by atoms with Gasteiger partial charge in [0.2, 0.25) is 0 Å². The summed E-state index contributed by atoms with van der Waals surface area (Å²) in [5.41, 5.74) is 22.0. The van der Waals surface area contributed by atoms with Crippen molar-refractivity contribution in [2.24, 2.45) is 0 Å². The Kier molecular flexibility index (Phi) is 9.19. The largest absolute Gasteiger partial charge is 0.457 e. The summed E-state index contributed by atoms with van der Waals surface area (Å²) in [5, 5.41) is 7.31. The predicted molar refractivity (Wildman–Crippen MR) is 305 cm³/mol. The van der Waals surface area contributed by atoms with Crippen LogP contribution in [0.1, 0.15) is 48.9 Å². The number of ether oxygens (including phenoxy) is 1. The molecule has 0 bridgehead atoms. The Bertz CT molecular complexity index is 4150. The molecule has 0 atom stereocenters. The van der Waals surface area contributed by atoms with Crippen LogP contribution in [0, 0.1) is 0 Å². The molecule has 0 fully saturated rings. The Labute approximate surface area is 426 Å². The number of rotatable bonds is 5. The number of nitrogens with zero attached hydrogens (tertiary/aromatic N) is 2. The van der Waals surface area contributed by atoms with Crippen molar-refractivity contribution in [3.63, 3.8) is 0 Å². The molecule has 0 N–H and O–H groups in total. The molecule has 3 nitrogen and oxygen atoms in total. The monoisotopic (exact) mass is 934 g/mol. The summed E-state index contributed by atoms with van der Waals surface area (Å²) in [6.07, 6.45) is 7.26. The molecule has 0 saturated carbocycles. The molecule has 346 valence electrons. The molecule has 15 rings (SSSR count). The Balaban J connectivity index is 1.03. The molecule has 0 amide bonds. The lowest BCUT2D eigenvalue weighted by molar-refractivity contribution is 0.388. The first-order valence-corrected chi connectivity index (χ1v) is 25.8. The minimum Gasteiger partial charge on any atom is -0.457 e. The lowest BCUT2D eigenvalue weighted by atomic mass is 9.79. The van der Waals surface area contributed by atoms with Gasteiger partial charge in [0.1, 0.15) is 5.76 Å². The zero-order valence-electron chi connectivity index (χ0n) is 40.9. The second-order valence-corrected chi connectivity index (χ2v) is 20.7. The van der Waals surface area contributed by atoms with Crippen molar-refractivity contribution in [3.8, 4) is 50.3 Å². The minimum atomic E-state index is -0.233. The molecular formula is C70H50N2O. The molecular weight excluding hydrogens is 885 g/mol. The fourth-order valence-electron chi connectivity index (χ4n) is 12.7. The normalized spacial score (nSPS) is 14.9. The topological polar surface area (TPSA) is 15.7 Å². The lowest BCUT2D eigenvalue weighted by Gasteiger charge is -2.35. The van der Waals surface area contributed by atoms with E-state index in [1.165, 1.54) is 110 Å². The summed E-state index contributed by atoms with van der Waals surface area (Å²) in [5.74, 6) is 1.90. The maximum absolute atomic E-state index is 6.65. The number of fused-ring (bicyclic) bond motifs is 9. The molecule has 0 aromatic heterocycles. The van der Waals surface area contributed by atoms with E-state index in [0.29, 0.717) is 0 Å². The van der Waals surface area contributed by atoms with Crippen molar-refractivity contribution in [1.82, 2.24) is 0 Å². The van der Waals surface area contributed by atoms with Gasteiger partial charge in [0.15, 0.2) is 5.75 Å². The summed E-state index contributed by atoms with van der Waals surface area (Å²) in [6, 6.07) is 81.8. The van der Waals surface area contributed by atoms with Gasteiger partial charge in [-0.1, -0.05) is 172 Å². The van der Waals surface area contributed by atoms with Gasteiger partial charge in [-0.25, -0.2) is 0 Å². The third-order valence-corrected chi connectivity index (χ3v) is 16.2. The van der Waals surface area contributed by atoms with Gasteiger partial charge in [-0.3, -0.25) is 0 Å². The number of allylic oxidation sites excluding steroid dienone is 3. The van der Waals surface area contributed by atoms with Crippen LogP contribution < -0.4 is 14.5 Å². The summed E-state index contributed by atoms with van der Waals surface area (Å²) in [6.45, 7) is 4.82. The molecule has 0 radical (unpaired) electrons. The van der Waals surface area contributed by atoms with Gasteiger partial charge in [-0.15, -0.1) is 0 Å². The molecule has 4 aliphatic rings. The average Bonchev–Trinajstić information content (AvgIpc) is 3.67. The standard InChI is InChI=1S/C70H50N2O/c1-70(2)60-40-47(44-16-4-3-5-17-44)30-34-54(60)55-35-31-51(41-61(55)70)69-57-36-32-52(71-62-22-10-8-20-48(62)39-49-21-9-11-23-63(49)71)42-58(57)68(50-29-28-45-18-6-7-19-46(45)38-50)56-37-33-53(43-59(56)69)72-64-24-12-14-26-66(64)73-67-27-15-13-25-65(67)72/h3-14,16-26,28-38,40-43H,15,27,39H2,1-2H3. The lowest BCUT2D eigenvalue weighted by Crippen LogP contribution is -2.24. The molecule has 73 heavy (non-hydrogen) atoms. The quantitative estimate of drug-likeness (QED) is 0.160. The van der Waals surface area contributed by atoms with Gasteiger partial charge in [0.05, 0.1) is 11.4 Å². The summed E-state index contributed by atoms with van der Waals surface area (Å²) < 4.78 is 6.65. The van der Waals surface area contributed by atoms with Gasteiger partial charge < -0.3 is 14.5 Å². The first kappa shape index (κ1) is 41.8. The number of hydrogen-bond acceptors (Lipinski definition) is 3.